The first-order valence-electron chi connectivity index (χ1n) is 14.7. The minimum Gasteiger partial charge on any atom is -0.494 e. The third-order valence-corrected chi connectivity index (χ3v) is 6.50. The van der Waals surface area contributed by atoms with Gasteiger partial charge in [0.1, 0.15) is 40.2 Å². The van der Waals surface area contributed by atoms with Gasteiger partial charge in [-0.25, -0.2) is 32.3 Å². The average molecular weight is 654 g/mol. The number of para-hydroxylation sites is 1. The molecule has 0 saturated heterocycles. The van der Waals surface area contributed by atoms with Crippen molar-refractivity contribution in [1.29, 1.82) is 5.41 Å². The highest BCUT2D eigenvalue weighted by Crippen LogP contribution is 2.26. The highest BCUT2D eigenvalue weighted by molar-refractivity contribution is 6.12. The van der Waals surface area contributed by atoms with Crippen LogP contribution in [0.15, 0.2) is 60.9 Å². The summed E-state index contributed by atoms with van der Waals surface area (Å²) in [5.41, 5.74) is 0.0688. The first-order chi connectivity index (χ1) is 22.3. The van der Waals surface area contributed by atoms with Gasteiger partial charge < -0.3 is 25.4 Å². The van der Waals surface area contributed by atoms with Crippen LogP contribution < -0.4 is 20.7 Å². The molecule has 0 bridgehead atoms. The highest BCUT2D eigenvalue weighted by atomic mass is 19.3. The van der Waals surface area contributed by atoms with Crippen molar-refractivity contribution in [3.63, 3.8) is 0 Å². The molecule has 47 heavy (non-hydrogen) atoms. The van der Waals surface area contributed by atoms with Crippen molar-refractivity contribution in [1.82, 2.24) is 20.3 Å². The molecule has 0 unspecified atom stereocenters. The molecule has 1 amide bonds. The van der Waals surface area contributed by atoms with Crippen LogP contribution in [0.2, 0.25) is 0 Å². The zero-order chi connectivity index (χ0) is 34.1. The van der Waals surface area contributed by atoms with Gasteiger partial charge in [0.05, 0.1) is 6.61 Å². The summed E-state index contributed by atoms with van der Waals surface area (Å²) in [5, 5.41) is 17.6. The number of aromatic nitrogens is 3. The lowest BCUT2D eigenvalue weighted by Crippen LogP contribution is -2.33. The predicted molar refractivity (Wildman–Crippen MR) is 170 cm³/mol. The van der Waals surface area contributed by atoms with Gasteiger partial charge in [-0.1, -0.05) is 18.2 Å². The van der Waals surface area contributed by atoms with Crippen LogP contribution in [0.5, 0.6) is 5.75 Å². The number of nitrogens with zero attached hydrogens (tertiary/aromatic N) is 3. The van der Waals surface area contributed by atoms with Gasteiger partial charge in [0.15, 0.2) is 5.82 Å². The summed E-state index contributed by atoms with van der Waals surface area (Å²) in [6, 6.07) is 11.5. The zero-order valence-electron chi connectivity index (χ0n) is 26.3. The lowest BCUT2D eigenvalue weighted by molar-refractivity contribution is 0.0528. The maximum atomic E-state index is 14.7. The molecule has 0 spiro atoms. The Morgan fingerprint density at radius 2 is 1.77 bits per heavy atom. The predicted octanol–water partition coefficient (Wildman–Crippen LogP) is 7.33. The van der Waals surface area contributed by atoms with Crippen molar-refractivity contribution in [3.8, 4) is 5.75 Å². The SMILES string of the molecule is CCOc1cc(F)c(CNc2ccccc2C(=N)c2ncc(CCNC(=O)OC(C)(C)C)c(Nc3ccnc(C(F)F)c3)n2)c(F)c1. The Morgan fingerprint density at radius 3 is 2.45 bits per heavy atom. The van der Waals surface area contributed by atoms with Crippen LogP contribution >= 0.6 is 0 Å². The van der Waals surface area contributed by atoms with Crippen LogP contribution in [-0.4, -0.2) is 45.5 Å². The van der Waals surface area contributed by atoms with E-state index in [2.05, 4.69) is 30.9 Å². The van der Waals surface area contributed by atoms with Crippen LogP contribution in [0.25, 0.3) is 0 Å². The van der Waals surface area contributed by atoms with Gasteiger partial charge in [0.25, 0.3) is 6.43 Å². The molecule has 0 aliphatic rings. The number of anilines is 3. The molecule has 0 aliphatic carbocycles. The fourth-order valence-electron chi connectivity index (χ4n) is 4.37. The smallest absolute Gasteiger partial charge is 0.407 e. The molecule has 0 aliphatic heterocycles. The summed E-state index contributed by atoms with van der Waals surface area (Å²) < 4.78 is 66.5. The molecule has 4 N–H and O–H groups in total. The lowest BCUT2D eigenvalue weighted by Gasteiger charge is -2.20. The minimum atomic E-state index is -2.79. The molecule has 2 aromatic heterocycles. The standard InChI is InChI=1S/C33H35F4N7O3/c1-5-46-21-15-24(34)23(25(35)16-21)18-41-26-9-7-6-8-22(26)28(38)31-42-17-19(10-12-40-32(45)47-33(2,3)4)30(44-31)43-20-11-13-39-27(14-20)29(36)37/h6-9,11,13-17,29,38,41H,5,10,12,18H2,1-4H3,(H,40,45)(H,39,42,43,44). The summed E-state index contributed by atoms with van der Waals surface area (Å²) in [4.78, 5) is 24.7. The van der Waals surface area contributed by atoms with Gasteiger partial charge in [-0.3, -0.25) is 10.4 Å². The highest BCUT2D eigenvalue weighted by Gasteiger charge is 2.19. The monoisotopic (exact) mass is 653 g/mol. The summed E-state index contributed by atoms with van der Waals surface area (Å²) in [5.74, 6) is -1.30. The third kappa shape index (κ3) is 9.61. The second kappa shape index (κ2) is 15.3. The van der Waals surface area contributed by atoms with Gasteiger partial charge in [-0.2, -0.15) is 0 Å². The van der Waals surface area contributed by atoms with Crippen LogP contribution in [0.1, 0.15) is 62.3 Å². The maximum absolute atomic E-state index is 14.7. The number of carbonyl (C=O) groups is 1. The van der Waals surface area contributed by atoms with Gasteiger partial charge in [-0.05, 0) is 52.3 Å². The largest absolute Gasteiger partial charge is 0.494 e. The molecule has 0 fully saturated rings. The molecule has 2 heterocycles. The van der Waals surface area contributed by atoms with E-state index in [0.29, 0.717) is 16.8 Å². The van der Waals surface area contributed by atoms with E-state index in [4.69, 9.17) is 14.9 Å². The van der Waals surface area contributed by atoms with Crippen molar-refractivity contribution in [2.24, 2.45) is 0 Å². The number of carbonyl (C=O) groups excluding carboxylic acids is 1. The number of hydrogen-bond donors (Lipinski definition) is 4. The Morgan fingerprint density at radius 1 is 1.04 bits per heavy atom. The molecule has 4 aromatic rings. The fraction of sp³-hybridized carbons (Fsp3) is 0.303. The van der Waals surface area contributed by atoms with E-state index >= 15 is 0 Å². The Balaban J connectivity index is 1.60. The molecule has 2 aromatic carbocycles. The van der Waals surface area contributed by atoms with E-state index < -0.39 is 35.4 Å². The summed E-state index contributed by atoms with van der Waals surface area (Å²) >= 11 is 0. The third-order valence-electron chi connectivity index (χ3n) is 6.50. The molecule has 0 saturated carbocycles. The molecule has 0 radical (unpaired) electrons. The normalized spacial score (nSPS) is 11.3. The first-order valence-corrected chi connectivity index (χ1v) is 14.7. The van der Waals surface area contributed by atoms with Crippen LogP contribution in [0.4, 0.5) is 39.5 Å². The van der Waals surface area contributed by atoms with Crippen LogP contribution in [-0.2, 0) is 17.7 Å². The van der Waals surface area contributed by atoms with Gasteiger partial charge in [-0.15, -0.1) is 0 Å². The number of amides is 1. The Hall–Kier alpha value is -5.27. The van der Waals surface area contributed by atoms with E-state index in [0.717, 1.165) is 12.1 Å². The maximum Gasteiger partial charge on any atom is 0.407 e. The molecule has 14 heteroatoms. The van der Waals surface area contributed by atoms with Crippen molar-refractivity contribution >= 4 is 29.0 Å². The molecular formula is C33H35F4N7O3. The van der Waals surface area contributed by atoms with Crippen LogP contribution in [0.3, 0.4) is 0 Å². The Bertz CT molecular complexity index is 1710. The van der Waals surface area contributed by atoms with Crippen molar-refractivity contribution in [2.45, 2.75) is 52.7 Å². The summed E-state index contributed by atoms with van der Waals surface area (Å²) in [6.45, 7) is 7.11. The van der Waals surface area contributed by atoms with Crippen molar-refractivity contribution < 1.29 is 31.8 Å². The quantitative estimate of drug-likeness (QED) is 0.0871. The molecule has 4 rings (SSSR count). The Kier molecular flexibility index (Phi) is 11.3. The molecular weight excluding hydrogens is 618 g/mol. The van der Waals surface area contributed by atoms with Crippen molar-refractivity contribution in [2.75, 3.05) is 23.8 Å². The van der Waals surface area contributed by atoms with Crippen molar-refractivity contribution in [3.05, 3.63) is 101 Å². The Labute approximate surface area is 269 Å². The van der Waals surface area contributed by atoms with E-state index in [1.807, 2.05) is 0 Å². The first kappa shape index (κ1) is 34.6. The average Bonchev–Trinajstić information content (AvgIpc) is 3.00. The van der Waals surface area contributed by atoms with E-state index in [-0.39, 0.29) is 60.5 Å². The number of hydrogen-bond acceptors (Lipinski definition) is 9. The number of nitrogens with one attached hydrogen (secondary N) is 4. The van der Waals surface area contributed by atoms with Gasteiger partial charge >= 0.3 is 6.09 Å². The summed E-state index contributed by atoms with van der Waals surface area (Å²) in [7, 11) is 0. The van der Waals surface area contributed by atoms with E-state index in [1.165, 1.54) is 24.5 Å². The van der Waals surface area contributed by atoms with E-state index in [1.54, 1.807) is 52.0 Å². The number of benzene rings is 2. The number of alkyl halides is 2. The number of ether oxygens (including phenoxy) is 2. The van der Waals surface area contributed by atoms with Gasteiger partial charge in [0.2, 0.25) is 0 Å². The lowest BCUT2D eigenvalue weighted by atomic mass is 10.1. The topological polar surface area (TPSA) is 134 Å². The molecule has 0 atom stereocenters. The summed E-state index contributed by atoms with van der Waals surface area (Å²) in [6.07, 6.45) is -0.478. The number of halogens is 4. The molecule has 248 valence electrons. The van der Waals surface area contributed by atoms with Gasteiger partial charge in [0, 0.05) is 65.7 Å². The second-order valence-corrected chi connectivity index (χ2v) is 11.2. The number of pyridine rings is 1. The molecule has 10 nitrogen and oxygen atoms in total. The number of alkyl carbamates (subject to hydrolysis) is 1. The number of rotatable bonds is 13. The zero-order valence-corrected chi connectivity index (χ0v) is 26.3. The minimum absolute atomic E-state index is 0.0211. The van der Waals surface area contributed by atoms with E-state index in [9.17, 15) is 22.4 Å². The second-order valence-electron chi connectivity index (χ2n) is 11.2. The van der Waals surface area contributed by atoms with Crippen LogP contribution in [0, 0.1) is 17.0 Å². The fourth-order valence-corrected chi connectivity index (χ4v) is 4.37.